The van der Waals surface area contributed by atoms with E-state index >= 15 is 0 Å². The van der Waals surface area contributed by atoms with Crippen LogP contribution in [0, 0.1) is 5.92 Å². The number of nitrogens with one attached hydrogen (secondary N) is 2. The number of hydrogen-bond donors (Lipinski definition) is 2. The van der Waals surface area contributed by atoms with Crippen molar-refractivity contribution in [3.8, 4) is 0 Å². The summed E-state index contributed by atoms with van der Waals surface area (Å²) in [6.07, 6.45) is 4.09. The Kier molecular flexibility index (Phi) is 7.43. The van der Waals surface area contributed by atoms with Gasteiger partial charge in [0.1, 0.15) is 12.2 Å². The van der Waals surface area contributed by atoms with Crippen LogP contribution in [0.2, 0.25) is 0 Å². The fourth-order valence-electron chi connectivity index (χ4n) is 4.70. The molecule has 6 nitrogen and oxygen atoms in total. The Labute approximate surface area is 189 Å². The van der Waals surface area contributed by atoms with Gasteiger partial charge in [-0.1, -0.05) is 60.7 Å². The summed E-state index contributed by atoms with van der Waals surface area (Å²) in [6, 6.07) is 19.8. The van der Waals surface area contributed by atoms with Gasteiger partial charge in [0, 0.05) is 18.9 Å². The van der Waals surface area contributed by atoms with Crippen molar-refractivity contribution < 1.29 is 19.1 Å². The molecule has 32 heavy (non-hydrogen) atoms. The van der Waals surface area contributed by atoms with E-state index in [-0.39, 0.29) is 24.5 Å². The van der Waals surface area contributed by atoms with Crippen LogP contribution >= 0.6 is 0 Å². The molecule has 2 fully saturated rings. The first-order valence-corrected chi connectivity index (χ1v) is 11.6. The lowest BCUT2D eigenvalue weighted by molar-refractivity contribution is -0.170. The molecule has 1 saturated heterocycles. The average molecular weight is 437 g/mol. The Morgan fingerprint density at radius 1 is 0.906 bits per heavy atom. The minimum atomic E-state index is -0.542. The molecule has 1 aliphatic heterocycles. The largest absolute Gasteiger partial charge is 0.454 e. The highest BCUT2D eigenvalue weighted by Gasteiger charge is 2.40. The van der Waals surface area contributed by atoms with Gasteiger partial charge >= 0.3 is 12.1 Å². The van der Waals surface area contributed by atoms with Crippen molar-refractivity contribution in [1.29, 1.82) is 0 Å². The molecule has 0 bridgehead atoms. The van der Waals surface area contributed by atoms with E-state index in [1.54, 1.807) is 0 Å². The molecule has 0 atom stereocenters. The Balaban J connectivity index is 1.26. The van der Waals surface area contributed by atoms with E-state index in [0.29, 0.717) is 12.8 Å². The lowest BCUT2D eigenvalue weighted by Gasteiger charge is -2.39. The molecule has 2 aliphatic rings. The minimum Gasteiger partial charge on any atom is -0.454 e. The second kappa shape index (κ2) is 10.6. The van der Waals surface area contributed by atoms with E-state index < -0.39 is 11.7 Å². The molecule has 0 aromatic heterocycles. The van der Waals surface area contributed by atoms with Gasteiger partial charge in [0.2, 0.25) is 0 Å². The van der Waals surface area contributed by atoms with Crippen molar-refractivity contribution in [2.45, 2.75) is 56.8 Å². The topological polar surface area (TPSA) is 76.7 Å². The molecule has 170 valence electrons. The van der Waals surface area contributed by atoms with Crippen LogP contribution in [0.1, 0.15) is 49.7 Å². The molecule has 2 N–H and O–H groups in total. The van der Waals surface area contributed by atoms with Crippen molar-refractivity contribution in [2.24, 2.45) is 5.92 Å². The number of benzene rings is 2. The summed E-state index contributed by atoms with van der Waals surface area (Å²) in [5.74, 6) is -0.232. The van der Waals surface area contributed by atoms with Crippen molar-refractivity contribution in [2.75, 3.05) is 13.1 Å². The van der Waals surface area contributed by atoms with Gasteiger partial charge in [0.25, 0.3) is 0 Å². The minimum absolute atomic E-state index is 0.0317. The third-order valence-electron chi connectivity index (χ3n) is 6.60. The highest BCUT2D eigenvalue weighted by Crippen LogP contribution is 2.37. The average Bonchev–Trinajstić information content (AvgIpc) is 2.85. The standard InChI is InChI=1S/C26H32N2O4/c29-24(32-26(15-17-27-18-16-26)22-9-5-2-6-10-22)21-11-13-23(14-12-21)28-25(30)31-19-20-7-3-1-4-8-20/h1-10,21,23,27H,11-19H2,(H,28,30). The SMILES string of the molecule is O=C(NC1CCC(C(=O)OC2(c3ccccc3)CCNCC2)CC1)OCc1ccccc1. The smallest absolute Gasteiger partial charge is 0.407 e. The molecule has 6 heteroatoms. The predicted octanol–water partition coefficient (Wildman–Crippen LogP) is 4.29. The fourth-order valence-corrected chi connectivity index (χ4v) is 4.70. The molecule has 4 rings (SSSR count). The first-order chi connectivity index (χ1) is 15.6. The summed E-state index contributed by atoms with van der Waals surface area (Å²) in [7, 11) is 0. The number of alkyl carbamates (subject to hydrolysis) is 1. The highest BCUT2D eigenvalue weighted by atomic mass is 16.6. The van der Waals surface area contributed by atoms with Gasteiger partial charge in [-0.15, -0.1) is 0 Å². The van der Waals surface area contributed by atoms with Crippen LogP contribution in [0.4, 0.5) is 4.79 Å². The normalized spacial score (nSPS) is 22.5. The van der Waals surface area contributed by atoms with Crippen LogP contribution in [-0.4, -0.2) is 31.2 Å². The van der Waals surface area contributed by atoms with E-state index in [9.17, 15) is 9.59 Å². The molecule has 2 aromatic rings. The van der Waals surface area contributed by atoms with Crippen molar-refractivity contribution >= 4 is 12.1 Å². The second-order valence-corrected chi connectivity index (χ2v) is 8.79. The Hall–Kier alpha value is -2.86. The molecule has 1 aliphatic carbocycles. The van der Waals surface area contributed by atoms with Gasteiger partial charge < -0.3 is 20.1 Å². The Bertz CT molecular complexity index is 873. The van der Waals surface area contributed by atoms with Crippen LogP contribution in [0.15, 0.2) is 60.7 Å². The van der Waals surface area contributed by atoms with Gasteiger partial charge in [-0.25, -0.2) is 4.79 Å². The summed E-state index contributed by atoms with van der Waals surface area (Å²) in [5, 5.41) is 6.31. The zero-order valence-electron chi connectivity index (χ0n) is 18.4. The maximum Gasteiger partial charge on any atom is 0.407 e. The monoisotopic (exact) mass is 436 g/mol. The number of hydrogen-bond acceptors (Lipinski definition) is 5. The summed E-state index contributed by atoms with van der Waals surface area (Å²) in [6.45, 7) is 1.93. The Morgan fingerprint density at radius 3 is 2.19 bits per heavy atom. The summed E-state index contributed by atoms with van der Waals surface area (Å²) in [5.41, 5.74) is 1.49. The summed E-state index contributed by atoms with van der Waals surface area (Å²) >= 11 is 0. The van der Waals surface area contributed by atoms with Crippen LogP contribution in [0.5, 0.6) is 0 Å². The van der Waals surface area contributed by atoms with Crippen molar-refractivity contribution in [3.63, 3.8) is 0 Å². The fraction of sp³-hybridized carbons (Fsp3) is 0.462. The van der Waals surface area contributed by atoms with Gasteiger partial charge in [0.05, 0.1) is 5.92 Å². The van der Waals surface area contributed by atoms with Gasteiger partial charge in [-0.2, -0.15) is 0 Å². The first-order valence-electron chi connectivity index (χ1n) is 11.6. The van der Waals surface area contributed by atoms with Crippen LogP contribution < -0.4 is 10.6 Å². The molecule has 0 radical (unpaired) electrons. The van der Waals surface area contributed by atoms with E-state index in [0.717, 1.165) is 49.9 Å². The number of piperidine rings is 1. The molecule has 1 heterocycles. The molecule has 0 unspecified atom stereocenters. The summed E-state index contributed by atoms with van der Waals surface area (Å²) < 4.78 is 11.5. The second-order valence-electron chi connectivity index (χ2n) is 8.79. The van der Waals surface area contributed by atoms with Crippen LogP contribution in [-0.2, 0) is 26.5 Å². The maximum atomic E-state index is 13.1. The molecule has 0 spiro atoms. The lowest BCUT2D eigenvalue weighted by atomic mass is 9.83. The third-order valence-corrected chi connectivity index (χ3v) is 6.60. The zero-order valence-corrected chi connectivity index (χ0v) is 18.4. The van der Waals surface area contributed by atoms with Crippen LogP contribution in [0.25, 0.3) is 0 Å². The van der Waals surface area contributed by atoms with E-state index in [2.05, 4.69) is 22.8 Å². The van der Waals surface area contributed by atoms with Crippen LogP contribution in [0.3, 0.4) is 0 Å². The number of esters is 1. The lowest BCUT2D eigenvalue weighted by Crippen LogP contribution is -2.45. The number of carbonyl (C=O) groups excluding carboxylic acids is 2. The molecular weight excluding hydrogens is 404 g/mol. The molecule has 1 amide bonds. The van der Waals surface area contributed by atoms with E-state index in [1.807, 2.05) is 48.5 Å². The number of rotatable bonds is 6. The number of ether oxygens (including phenoxy) is 2. The summed E-state index contributed by atoms with van der Waals surface area (Å²) in [4.78, 5) is 25.2. The van der Waals surface area contributed by atoms with E-state index in [1.165, 1.54) is 0 Å². The highest BCUT2D eigenvalue weighted by molar-refractivity contribution is 5.73. The van der Waals surface area contributed by atoms with Crippen molar-refractivity contribution in [1.82, 2.24) is 10.6 Å². The van der Waals surface area contributed by atoms with E-state index in [4.69, 9.17) is 9.47 Å². The van der Waals surface area contributed by atoms with Crippen molar-refractivity contribution in [3.05, 3.63) is 71.8 Å². The zero-order chi connectivity index (χ0) is 22.2. The predicted molar refractivity (Wildman–Crippen MR) is 122 cm³/mol. The number of amides is 1. The van der Waals surface area contributed by atoms with Gasteiger partial charge in [-0.05, 0) is 49.9 Å². The van der Waals surface area contributed by atoms with Gasteiger partial charge in [-0.3, -0.25) is 4.79 Å². The Morgan fingerprint density at radius 2 is 1.53 bits per heavy atom. The molecule has 1 saturated carbocycles. The van der Waals surface area contributed by atoms with Gasteiger partial charge in [0.15, 0.2) is 0 Å². The molecular formula is C26H32N2O4. The number of carbonyl (C=O) groups is 2. The quantitative estimate of drug-likeness (QED) is 0.661. The first kappa shape index (κ1) is 22.3. The maximum absolute atomic E-state index is 13.1. The third kappa shape index (κ3) is 5.68. The molecule has 2 aromatic carbocycles.